The molecule has 0 aliphatic rings. The number of fused-ring (bicyclic) bond motifs is 1. The van der Waals surface area contributed by atoms with Gasteiger partial charge < -0.3 is 0 Å². The number of rotatable bonds is 3. The smallest absolute Gasteiger partial charge is 0.0705 e. The van der Waals surface area contributed by atoms with Crippen molar-refractivity contribution in [3.63, 3.8) is 0 Å². The summed E-state index contributed by atoms with van der Waals surface area (Å²) in [5.41, 5.74) is 3.23. The van der Waals surface area contributed by atoms with Crippen LogP contribution in [0.4, 0.5) is 0 Å². The number of benzene rings is 2. The zero-order chi connectivity index (χ0) is 14.8. The van der Waals surface area contributed by atoms with E-state index >= 15 is 0 Å². The lowest BCUT2D eigenvalue weighted by atomic mass is 10.1. The van der Waals surface area contributed by atoms with E-state index in [1.165, 1.54) is 0 Å². The van der Waals surface area contributed by atoms with Crippen LogP contribution in [0, 0.1) is 0 Å². The Labute approximate surface area is 145 Å². The van der Waals surface area contributed by atoms with Crippen LogP contribution in [0.2, 0.25) is 5.02 Å². The van der Waals surface area contributed by atoms with Crippen LogP contribution in [0.1, 0.15) is 16.1 Å². The van der Waals surface area contributed by atoms with Crippen LogP contribution in [0.5, 0.6) is 0 Å². The molecule has 1 heterocycles. The Morgan fingerprint density at radius 1 is 1.05 bits per heavy atom. The van der Waals surface area contributed by atoms with E-state index in [1.807, 2.05) is 30.3 Å². The molecule has 0 radical (unpaired) electrons. The minimum absolute atomic E-state index is 0.182. The summed E-state index contributed by atoms with van der Waals surface area (Å²) in [4.78, 5) is 4.89. The Morgan fingerprint density at radius 3 is 2.67 bits per heavy atom. The van der Waals surface area contributed by atoms with Crippen molar-refractivity contribution in [1.29, 1.82) is 0 Å². The van der Waals surface area contributed by atoms with Gasteiger partial charge in [-0.3, -0.25) is 4.98 Å². The number of halogens is 3. The number of nitrogens with zero attached hydrogens (tertiary/aromatic N) is 1. The molecular formula is C17H12Br2ClN. The second-order valence-corrected chi connectivity index (χ2v) is 7.33. The van der Waals surface area contributed by atoms with Gasteiger partial charge >= 0.3 is 0 Å². The minimum Gasteiger partial charge on any atom is -0.253 e. The molecule has 3 rings (SSSR count). The molecular weight excluding hydrogens is 413 g/mol. The molecule has 0 amide bonds. The molecule has 1 nitrogen and oxygen atoms in total. The van der Waals surface area contributed by atoms with Gasteiger partial charge in [-0.1, -0.05) is 67.7 Å². The van der Waals surface area contributed by atoms with E-state index in [0.29, 0.717) is 0 Å². The molecule has 0 aliphatic carbocycles. The number of alkyl halides is 1. The first-order valence-corrected chi connectivity index (χ1v) is 8.65. The van der Waals surface area contributed by atoms with Crippen molar-refractivity contribution in [2.45, 2.75) is 11.2 Å². The summed E-state index contributed by atoms with van der Waals surface area (Å²) < 4.78 is 0.987. The van der Waals surface area contributed by atoms with Gasteiger partial charge in [-0.2, -0.15) is 0 Å². The highest BCUT2D eigenvalue weighted by molar-refractivity contribution is 9.10. The first-order valence-electron chi connectivity index (χ1n) is 6.56. The van der Waals surface area contributed by atoms with Crippen molar-refractivity contribution in [2.75, 3.05) is 0 Å². The molecule has 4 heteroatoms. The van der Waals surface area contributed by atoms with Gasteiger partial charge in [0.25, 0.3) is 0 Å². The second kappa shape index (κ2) is 6.47. The van der Waals surface area contributed by atoms with Gasteiger partial charge in [0, 0.05) is 31.8 Å². The maximum absolute atomic E-state index is 6.11. The minimum atomic E-state index is 0.182. The van der Waals surface area contributed by atoms with E-state index in [0.717, 1.165) is 38.1 Å². The molecule has 0 aliphatic heterocycles. The molecule has 1 atom stereocenters. The van der Waals surface area contributed by atoms with Gasteiger partial charge in [0.2, 0.25) is 0 Å². The Hall–Kier alpha value is -0.900. The highest BCUT2D eigenvalue weighted by atomic mass is 79.9. The summed E-state index contributed by atoms with van der Waals surface area (Å²) in [7, 11) is 0. The van der Waals surface area contributed by atoms with Crippen LogP contribution < -0.4 is 0 Å². The number of aromatic nitrogens is 1. The van der Waals surface area contributed by atoms with Crippen LogP contribution in [0.15, 0.2) is 59.1 Å². The molecule has 0 bridgehead atoms. The lowest BCUT2D eigenvalue weighted by Crippen LogP contribution is -1.98. The molecule has 0 saturated heterocycles. The zero-order valence-electron chi connectivity index (χ0n) is 11.1. The molecule has 1 aromatic heterocycles. The highest BCUT2D eigenvalue weighted by Crippen LogP contribution is 2.31. The summed E-state index contributed by atoms with van der Waals surface area (Å²) in [6.45, 7) is 0. The van der Waals surface area contributed by atoms with Gasteiger partial charge in [-0.15, -0.1) is 0 Å². The third-order valence-corrected chi connectivity index (χ3v) is 4.82. The first-order chi connectivity index (χ1) is 10.1. The lowest BCUT2D eigenvalue weighted by molar-refractivity contribution is 0.912. The van der Waals surface area contributed by atoms with Gasteiger partial charge in [-0.25, -0.2) is 0 Å². The maximum atomic E-state index is 6.11. The molecule has 0 spiro atoms. The predicted octanol–water partition coefficient (Wildman–Crippen LogP) is 6.33. The monoisotopic (exact) mass is 423 g/mol. The molecule has 21 heavy (non-hydrogen) atoms. The van der Waals surface area contributed by atoms with Crippen LogP contribution in [0.25, 0.3) is 10.9 Å². The van der Waals surface area contributed by atoms with Crippen molar-refractivity contribution in [3.05, 3.63) is 75.4 Å². The third kappa shape index (κ3) is 3.65. The summed E-state index contributed by atoms with van der Waals surface area (Å²) >= 11 is 13.3. The quantitative estimate of drug-likeness (QED) is 0.447. The van der Waals surface area contributed by atoms with Crippen LogP contribution in [-0.4, -0.2) is 4.98 Å². The van der Waals surface area contributed by atoms with Crippen molar-refractivity contribution in [1.82, 2.24) is 4.98 Å². The largest absolute Gasteiger partial charge is 0.253 e. The standard InChI is InChI=1S/C17H12Br2ClN/c18-13-7-12(8-14(20)9-13)16(19)10-15-6-5-11-3-1-2-4-17(11)21-15/h1-9,16H,10H2. The third-order valence-electron chi connectivity index (χ3n) is 3.29. The average molecular weight is 426 g/mol. The molecule has 1 unspecified atom stereocenters. The molecule has 106 valence electrons. The van der Waals surface area contributed by atoms with E-state index in [-0.39, 0.29) is 4.83 Å². The fraction of sp³-hybridized carbons (Fsp3) is 0.118. The second-order valence-electron chi connectivity index (χ2n) is 4.87. The van der Waals surface area contributed by atoms with Crippen molar-refractivity contribution < 1.29 is 0 Å². The van der Waals surface area contributed by atoms with Crippen molar-refractivity contribution in [2.24, 2.45) is 0 Å². The maximum Gasteiger partial charge on any atom is 0.0705 e. The Balaban J connectivity index is 1.86. The van der Waals surface area contributed by atoms with Gasteiger partial charge in [-0.05, 0) is 35.9 Å². The summed E-state index contributed by atoms with van der Waals surface area (Å²) in [6.07, 6.45) is 0.817. The molecule has 0 N–H and O–H groups in total. The Kier molecular flexibility index (Phi) is 4.63. The molecule has 3 aromatic rings. The lowest BCUT2D eigenvalue weighted by Gasteiger charge is -2.11. The van der Waals surface area contributed by atoms with E-state index in [4.69, 9.17) is 16.6 Å². The van der Waals surface area contributed by atoms with Crippen molar-refractivity contribution in [3.8, 4) is 0 Å². The van der Waals surface area contributed by atoms with E-state index in [2.05, 4.69) is 56.1 Å². The van der Waals surface area contributed by atoms with Gasteiger partial charge in [0.05, 0.1) is 5.52 Å². The molecule has 0 fully saturated rings. The SMILES string of the molecule is Clc1cc(Br)cc(C(Br)Cc2ccc3ccccc3n2)c1. The van der Waals surface area contributed by atoms with Crippen LogP contribution in [0.3, 0.4) is 0 Å². The molecule has 0 saturated carbocycles. The molecule has 2 aromatic carbocycles. The highest BCUT2D eigenvalue weighted by Gasteiger charge is 2.11. The normalized spacial score (nSPS) is 12.5. The van der Waals surface area contributed by atoms with Crippen molar-refractivity contribution >= 4 is 54.4 Å². The summed E-state index contributed by atoms with van der Waals surface area (Å²) in [5.74, 6) is 0. The number of hydrogen-bond donors (Lipinski definition) is 0. The number of hydrogen-bond acceptors (Lipinski definition) is 1. The number of pyridine rings is 1. The Bertz CT molecular complexity index is 768. The van der Waals surface area contributed by atoms with Crippen LogP contribution >= 0.6 is 43.5 Å². The number of para-hydroxylation sites is 1. The fourth-order valence-electron chi connectivity index (χ4n) is 2.28. The Morgan fingerprint density at radius 2 is 1.86 bits per heavy atom. The fourth-order valence-corrected chi connectivity index (χ4v) is 3.76. The predicted molar refractivity (Wildman–Crippen MR) is 96.3 cm³/mol. The van der Waals surface area contributed by atoms with E-state index < -0.39 is 0 Å². The first kappa shape index (κ1) is 15.0. The summed E-state index contributed by atoms with van der Waals surface area (Å²) in [6, 6.07) is 18.3. The summed E-state index contributed by atoms with van der Waals surface area (Å²) in [5, 5.41) is 1.90. The van der Waals surface area contributed by atoms with Gasteiger partial charge in [0.1, 0.15) is 0 Å². The topological polar surface area (TPSA) is 12.9 Å². The zero-order valence-corrected chi connectivity index (χ0v) is 15.0. The average Bonchev–Trinajstić information content (AvgIpc) is 2.46. The van der Waals surface area contributed by atoms with E-state index in [1.54, 1.807) is 0 Å². The van der Waals surface area contributed by atoms with Gasteiger partial charge in [0.15, 0.2) is 0 Å². The van der Waals surface area contributed by atoms with E-state index in [9.17, 15) is 0 Å². The van der Waals surface area contributed by atoms with Crippen LogP contribution in [-0.2, 0) is 6.42 Å².